The van der Waals surface area contributed by atoms with Gasteiger partial charge in [-0.2, -0.15) is 0 Å². The topological polar surface area (TPSA) is 66.4 Å². The molecule has 0 unspecified atom stereocenters. The zero-order chi connectivity index (χ0) is 20.5. The molecule has 1 fully saturated rings. The Kier molecular flexibility index (Phi) is 5.89. The minimum absolute atomic E-state index is 0.100. The average molecular weight is 409 g/mol. The van der Waals surface area contributed by atoms with E-state index in [2.05, 4.69) is 4.72 Å². The molecule has 1 aliphatic carbocycles. The van der Waals surface area contributed by atoms with Crippen LogP contribution in [0, 0.1) is 17.6 Å². The lowest BCUT2D eigenvalue weighted by Crippen LogP contribution is -2.41. The first-order valence-corrected chi connectivity index (χ1v) is 10.8. The van der Waals surface area contributed by atoms with Gasteiger partial charge in [-0.3, -0.25) is 0 Å². The Hall–Kier alpha value is -1.83. The molecule has 0 bridgehead atoms. The Bertz CT molecular complexity index is 929. The van der Waals surface area contributed by atoms with Gasteiger partial charge in [0.25, 0.3) is 0 Å². The first kappa shape index (κ1) is 20.9. The lowest BCUT2D eigenvalue weighted by Gasteiger charge is -2.35. The number of halogens is 2. The molecule has 0 aliphatic heterocycles. The van der Waals surface area contributed by atoms with Crippen molar-refractivity contribution in [2.24, 2.45) is 5.92 Å². The molecule has 1 saturated carbocycles. The van der Waals surface area contributed by atoms with Crippen LogP contribution in [-0.2, 0) is 10.0 Å². The average Bonchev–Trinajstić information content (AvgIpc) is 2.61. The Morgan fingerprint density at radius 3 is 2.14 bits per heavy atom. The van der Waals surface area contributed by atoms with Crippen molar-refractivity contribution in [2.75, 3.05) is 0 Å². The summed E-state index contributed by atoms with van der Waals surface area (Å²) in [6, 6.07) is 8.98. The number of nitrogens with one attached hydrogen (secondary N) is 1. The van der Waals surface area contributed by atoms with Gasteiger partial charge in [-0.15, -0.1) is 0 Å². The molecule has 0 heterocycles. The van der Waals surface area contributed by atoms with Gasteiger partial charge in [0, 0.05) is 17.7 Å². The van der Waals surface area contributed by atoms with Crippen LogP contribution in [0.4, 0.5) is 8.78 Å². The van der Waals surface area contributed by atoms with Crippen molar-refractivity contribution in [3.05, 3.63) is 54.1 Å². The summed E-state index contributed by atoms with van der Waals surface area (Å²) in [6.07, 6.45) is 2.87. The van der Waals surface area contributed by atoms with Gasteiger partial charge in [0.05, 0.1) is 10.5 Å². The third kappa shape index (κ3) is 4.77. The van der Waals surface area contributed by atoms with Crippen LogP contribution in [0.3, 0.4) is 0 Å². The van der Waals surface area contributed by atoms with Crippen molar-refractivity contribution >= 4 is 10.0 Å². The first-order valence-electron chi connectivity index (χ1n) is 9.36. The van der Waals surface area contributed by atoms with Gasteiger partial charge in [-0.05, 0) is 75.3 Å². The van der Waals surface area contributed by atoms with Gasteiger partial charge in [-0.1, -0.05) is 12.1 Å². The van der Waals surface area contributed by atoms with Crippen molar-refractivity contribution in [1.82, 2.24) is 4.72 Å². The summed E-state index contributed by atoms with van der Waals surface area (Å²) in [5.74, 6) is -1.20. The Balaban J connectivity index is 1.69. The van der Waals surface area contributed by atoms with Crippen LogP contribution in [0.15, 0.2) is 47.4 Å². The van der Waals surface area contributed by atoms with Gasteiger partial charge in [0.2, 0.25) is 10.0 Å². The zero-order valence-corrected chi connectivity index (χ0v) is 16.8. The second-order valence-electron chi connectivity index (χ2n) is 7.97. The predicted octanol–water partition coefficient (Wildman–Crippen LogP) is 4.24. The Morgan fingerprint density at radius 1 is 1.00 bits per heavy atom. The number of rotatable bonds is 5. The van der Waals surface area contributed by atoms with Crippen molar-refractivity contribution < 1.29 is 22.3 Å². The van der Waals surface area contributed by atoms with Gasteiger partial charge < -0.3 is 5.11 Å². The van der Waals surface area contributed by atoms with Crippen LogP contribution in [0.2, 0.25) is 0 Å². The zero-order valence-electron chi connectivity index (χ0n) is 16.0. The molecule has 0 atom stereocenters. The minimum atomic E-state index is -3.69. The normalized spacial score (nSPS) is 20.9. The van der Waals surface area contributed by atoms with E-state index < -0.39 is 27.3 Å². The van der Waals surface area contributed by atoms with E-state index in [1.54, 1.807) is 13.8 Å². The van der Waals surface area contributed by atoms with Crippen LogP contribution in [0.1, 0.15) is 39.5 Å². The summed E-state index contributed by atoms with van der Waals surface area (Å²) in [4.78, 5) is 0.100. The van der Waals surface area contributed by atoms with Crippen LogP contribution in [-0.4, -0.2) is 25.2 Å². The SMILES string of the molecule is CC(C)(O)C1CCC(NS(=O)(=O)c2ccc(-c3ccc(F)cc3F)cc2)CC1. The molecule has 0 saturated heterocycles. The van der Waals surface area contributed by atoms with E-state index in [4.69, 9.17) is 0 Å². The lowest BCUT2D eigenvalue weighted by atomic mass is 9.77. The van der Waals surface area contributed by atoms with E-state index in [0.29, 0.717) is 18.4 Å². The van der Waals surface area contributed by atoms with E-state index in [1.165, 1.54) is 30.3 Å². The monoisotopic (exact) mass is 409 g/mol. The van der Waals surface area contributed by atoms with Gasteiger partial charge in [-0.25, -0.2) is 21.9 Å². The quantitative estimate of drug-likeness (QED) is 0.776. The Labute approximate surface area is 164 Å². The number of sulfonamides is 1. The third-order valence-electron chi connectivity index (χ3n) is 5.45. The van der Waals surface area contributed by atoms with Gasteiger partial charge in [0.1, 0.15) is 11.6 Å². The molecule has 28 heavy (non-hydrogen) atoms. The number of aliphatic hydroxyl groups is 1. The van der Waals surface area contributed by atoms with Gasteiger partial charge in [0.15, 0.2) is 0 Å². The van der Waals surface area contributed by atoms with E-state index >= 15 is 0 Å². The molecule has 3 rings (SSSR count). The van der Waals surface area contributed by atoms with Crippen molar-refractivity contribution in [3.8, 4) is 11.1 Å². The van der Waals surface area contributed by atoms with E-state index in [0.717, 1.165) is 25.0 Å². The molecule has 0 aromatic heterocycles. The van der Waals surface area contributed by atoms with E-state index in [1.807, 2.05) is 0 Å². The Morgan fingerprint density at radius 2 is 1.61 bits per heavy atom. The first-order chi connectivity index (χ1) is 13.1. The minimum Gasteiger partial charge on any atom is -0.390 e. The molecule has 2 N–H and O–H groups in total. The highest BCUT2D eigenvalue weighted by Gasteiger charge is 2.32. The van der Waals surface area contributed by atoms with Crippen LogP contribution in [0.5, 0.6) is 0 Å². The molecule has 0 spiro atoms. The largest absolute Gasteiger partial charge is 0.390 e. The molecule has 152 valence electrons. The summed E-state index contributed by atoms with van der Waals surface area (Å²) >= 11 is 0. The maximum atomic E-state index is 13.9. The summed E-state index contributed by atoms with van der Waals surface area (Å²) in [6.45, 7) is 3.57. The fourth-order valence-corrected chi connectivity index (χ4v) is 5.05. The standard InChI is InChI=1S/C21H25F2NO3S/c1-21(2,25)15-5-8-17(9-6-15)24-28(26,27)18-10-3-14(4-11-18)19-12-7-16(22)13-20(19)23/h3-4,7,10-13,15,17,24-25H,5-6,8-9H2,1-2H3. The molecule has 7 heteroatoms. The van der Waals surface area contributed by atoms with Crippen LogP contribution in [0.25, 0.3) is 11.1 Å². The smallest absolute Gasteiger partial charge is 0.240 e. The summed E-state index contributed by atoms with van der Waals surface area (Å²) < 4.78 is 55.0. The molecule has 1 aliphatic rings. The fourth-order valence-electron chi connectivity index (χ4n) is 3.74. The second-order valence-corrected chi connectivity index (χ2v) is 9.69. The highest BCUT2D eigenvalue weighted by molar-refractivity contribution is 7.89. The number of benzene rings is 2. The highest BCUT2D eigenvalue weighted by Crippen LogP contribution is 2.33. The predicted molar refractivity (Wildman–Crippen MR) is 104 cm³/mol. The third-order valence-corrected chi connectivity index (χ3v) is 6.99. The molecule has 2 aromatic carbocycles. The molecular weight excluding hydrogens is 384 g/mol. The maximum absolute atomic E-state index is 13.9. The van der Waals surface area contributed by atoms with E-state index in [-0.39, 0.29) is 22.4 Å². The summed E-state index contributed by atoms with van der Waals surface area (Å²) in [5, 5.41) is 10.1. The highest BCUT2D eigenvalue weighted by atomic mass is 32.2. The number of hydrogen-bond donors (Lipinski definition) is 2. The molecular formula is C21H25F2NO3S. The van der Waals surface area contributed by atoms with E-state index in [9.17, 15) is 22.3 Å². The maximum Gasteiger partial charge on any atom is 0.240 e. The second kappa shape index (κ2) is 7.89. The summed E-state index contributed by atoms with van der Waals surface area (Å²) in [7, 11) is -3.69. The molecule has 2 aromatic rings. The molecule has 4 nitrogen and oxygen atoms in total. The van der Waals surface area contributed by atoms with Gasteiger partial charge >= 0.3 is 0 Å². The van der Waals surface area contributed by atoms with Crippen molar-refractivity contribution in [1.29, 1.82) is 0 Å². The molecule has 0 radical (unpaired) electrons. The van der Waals surface area contributed by atoms with Crippen molar-refractivity contribution in [2.45, 2.75) is 56.1 Å². The van der Waals surface area contributed by atoms with Crippen LogP contribution < -0.4 is 4.72 Å². The van der Waals surface area contributed by atoms with Crippen LogP contribution >= 0.6 is 0 Å². The fraction of sp³-hybridized carbons (Fsp3) is 0.429. The summed E-state index contributed by atoms with van der Waals surface area (Å²) in [5.41, 5.74) is -0.0691. The van der Waals surface area contributed by atoms with Crippen molar-refractivity contribution in [3.63, 3.8) is 0 Å². The molecule has 0 amide bonds. The lowest BCUT2D eigenvalue weighted by molar-refractivity contribution is -0.00182. The number of hydrogen-bond acceptors (Lipinski definition) is 3.